The van der Waals surface area contributed by atoms with Crippen LogP contribution in [0.2, 0.25) is 0 Å². The lowest BCUT2D eigenvalue weighted by molar-refractivity contribution is -0.669. The number of para-hydroxylation sites is 1. The molecule has 0 saturated carbocycles. The highest BCUT2D eigenvalue weighted by Crippen LogP contribution is 2.22. The first-order chi connectivity index (χ1) is 8.18. The lowest BCUT2D eigenvalue weighted by Gasteiger charge is -2.19. The number of nitrogens with two attached hydrogens (primary N) is 1. The van der Waals surface area contributed by atoms with E-state index in [2.05, 4.69) is 5.10 Å². The summed E-state index contributed by atoms with van der Waals surface area (Å²) in [6.07, 6.45) is 2.49. The molecular weight excluding hydrogens is 220 g/mol. The van der Waals surface area contributed by atoms with Crippen LogP contribution < -0.4 is 15.5 Å². The number of hydrogen-bond donors (Lipinski definition) is 1. The molecule has 1 aromatic heterocycles. The molecule has 6 heteroatoms. The second-order valence-electron chi connectivity index (χ2n) is 3.30. The highest BCUT2D eigenvalue weighted by Gasteiger charge is 2.15. The Balaban J connectivity index is 2.43. The van der Waals surface area contributed by atoms with Crippen molar-refractivity contribution in [1.82, 2.24) is 5.10 Å². The minimum atomic E-state index is -0.637. The maximum Gasteiger partial charge on any atom is 0.323 e. The molecule has 6 nitrogen and oxygen atoms in total. The van der Waals surface area contributed by atoms with Crippen molar-refractivity contribution in [1.29, 1.82) is 0 Å². The highest BCUT2D eigenvalue weighted by atomic mass is 16.5. The number of carbonyl (C=O) groups excluding carboxylic acids is 1. The zero-order valence-electron chi connectivity index (χ0n) is 8.85. The molecule has 0 aliphatic rings. The maximum atomic E-state index is 11.4. The van der Waals surface area contributed by atoms with Crippen LogP contribution in [0.3, 0.4) is 0 Å². The van der Waals surface area contributed by atoms with Crippen molar-refractivity contribution in [3.63, 3.8) is 0 Å². The van der Waals surface area contributed by atoms with Crippen LogP contribution >= 0.6 is 0 Å². The van der Waals surface area contributed by atoms with Crippen molar-refractivity contribution in [2.75, 3.05) is 4.90 Å². The Labute approximate surface area is 97.5 Å². The van der Waals surface area contributed by atoms with Crippen molar-refractivity contribution < 1.29 is 9.64 Å². The van der Waals surface area contributed by atoms with Gasteiger partial charge in [0.2, 0.25) is 6.20 Å². The fourth-order valence-corrected chi connectivity index (χ4v) is 1.45. The van der Waals surface area contributed by atoms with Crippen LogP contribution in [0.25, 0.3) is 0 Å². The van der Waals surface area contributed by atoms with E-state index in [9.17, 15) is 10.0 Å². The van der Waals surface area contributed by atoms with Crippen LogP contribution in [0.1, 0.15) is 0 Å². The molecule has 0 aliphatic carbocycles. The first-order valence-electron chi connectivity index (χ1n) is 4.88. The largest absolute Gasteiger partial charge is 0.594 e. The van der Waals surface area contributed by atoms with E-state index in [1.165, 1.54) is 23.4 Å². The van der Waals surface area contributed by atoms with Gasteiger partial charge >= 0.3 is 6.03 Å². The molecule has 86 valence electrons. The molecule has 17 heavy (non-hydrogen) atoms. The van der Waals surface area contributed by atoms with Crippen molar-refractivity contribution >= 4 is 17.4 Å². The molecular formula is C11H10N4O2. The van der Waals surface area contributed by atoms with Crippen LogP contribution in [0.4, 0.5) is 16.2 Å². The number of aromatic nitrogens is 2. The summed E-state index contributed by atoms with van der Waals surface area (Å²) in [5.74, 6) is 0. The normalized spacial score (nSPS) is 9.88. The van der Waals surface area contributed by atoms with Crippen molar-refractivity contribution in [3.05, 3.63) is 54.0 Å². The van der Waals surface area contributed by atoms with Gasteiger partial charge < -0.3 is 10.9 Å². The topological polar surface area (TPSA) is 86.2 Å². The van der Waals surface area contributed by atoms with Gasteiger partial charge in [0, 0.05) is 11.2 Å². The lowest BCUT2D eigenvalue weighted by atomic mass is 10.3. The molecule has 0 radical (unpaired) electrons. The molecule has 2 aromatic rings. The van der Waals surface area contributed by atoms with Gasteiger partial charge in [-0.05, 0) is 12.1 Å². The number of nitrogens with zero attached hydrogens (tertiary/aromatic N) is 3. The average molecular weight is 230 g/mol. The predicted molar refractivity (Wildman–Crippen MR) is 61.4 cm³/mol. The van der Waals surface area contributed by atoms with Gasteiger partial charge in [0.05, 0.1) is 11.4 Å². The van der Waals surface area contributed by atoms with Crippen LogP contribution in [0.15, 0.2) is 48.8 Å². The van der Waals surface area contributed by atoms with E-state index in [4.69, 9.17) is 5.73 Å². The first-order valence-corrected chi connectivity index (χ1v) is 4.88. The SMILES string of the molecule is NC(=O)N(c1ccccc1)c1cc[n+]([O-])nc1. The maximum absolute atomic E-state index is 11.4. The second kappa shape index (κ2) is 4.48. The van der Waals surface area contributed by atoms with Gasteiger partial charge in [-0.25, -0.2) is 4.79 Å². The molecule has 0 unspecified atom stereocenters. The monoisotopic (exact) mass is 230 g/mol. The van der Waals surface area contributed by atoms with Crippen molar-refractivity contribution in [2.45, 2.75) is 0 Å². The van der Waals surface area contributed by atoms with Gasteiger partial charge in [0.1, 0.15) is 6.20 Å². The van der Waals surface area contributed by atoms with E-state index in [0.717, 1.165) is 0 Å². The molecule has 2 rings (SSSR count). The van der Waals surface area contributed by atoms with Crippen molar-refractivity contribution in [3.8, 4) is 0 Å². The molecule has 0 saturated heterocycles. The average Bonchev–Trinajstić information content (AvgIpc) is 2.33. The summed E-state index contributed by atoms with van der Waals surface area (Å²) in [4.78, 5) is 13.1. The van der Waals surface area contributed by atoms with E-state index in [0.29, 0.717) is 16.2 Å². The van der Waals surface area contributed by atoms with Crippen LogP contribution in [-0.4, -0.2) is 11.1 Å². The molecule has 0 atom stereocenters. The minimum absolute atomic E-state index is 0.396. The molecule has 2 amide bonds. The lowest BCUT2D eigenvalue weighted by Crippen LogP contribution is -2.34. The summed E-state index contributed by atoms with van der Waals surface area (Å²) >= 11 is 0. The third-order valence-electron chi connectivity index (χ3n) is 2.17. The predicted octanol–water partition coefficient (Wildman–Crippen LogP) is 0.932. The van der Waals surface area contributed by atoms with Crippen LogP contribution in [0.5, 0.6) is 0 Å². The molecule has 0 spiro atoms. The highest BCUT2D eigenvalue weighted by molar-refractivity contribution is 5.98. The number of rotatable bonds is 2. The third-order valence-corrected chi connectivity index (χ3v) is 2.17. The fraction of sp³-hybridized carbons (Fsp3) is 0. The summed E-state index contributed by atoms with van der Waals surface area (Å²) in [5, 5.41) is 14.3. The third kappa shape index (κ3) is 2.31. The number of hydrogen-bond acceptors (Lipinski definition) is 3. The Morgan fingerprint density at radius 2 is 1.94 bits per heavy atom. The molecule has 0 bridgehead atoms. The Bertz CT molecular complexity index is 513. The van der Waals surface area contributed by atoms with E-state index >= 15 is 0 Å². The Kier molecular flexibility index (Phi) is 2.87. The zero-order chi connectivity index (χ0) is 12.3. The Morgan fingerprint density at radius 1 is 1.24 bits per heavy atom. The summed E-state index contributed by atoms with van der Waals surface area (Å²) < 4.78 is 0. The number of primary amides is 1. The number of benzene rings is 1. The fourth-order valence-electron chi connectivity index (χ4n) is 1.45. The van der Waals surface area contributed by atoms with Gasteiger partial charge in [0.25, 0.3) is 0 Å². The molecule has 2 N–H and O–H groups in total. The smallest absolute Gasteiger partial charge is 0.323 e. The number of anilines is 2. The molecule has 0 fully saturated rings. The number of amides is 2. The zero-order valence-corrected chi connectivity index (χ0v) is 8.85. The van der Waals surface area contributed by atoms with E-state index in [1.54, 1.807) is 24.3 Å². The number of carbonyl (C=O) groups is 1. The van der Waals surface area contributed by atoms with E-state index in [1.807, 2.05) is 6.07 Å². The quantitative estimate of drug-likeness (QED) is 0.615. The summed E-state index contributed by atoms with van der Waals surface area (Å²) in [5.41, 5.74) is 6.37. The molecule has 1 aromatic carbocycles. The number of urea groups is 1. The first kappa shape index (κ1) is 10.9. The van der Waals surface area contributed by atoms with Gasteiger partial charge in [-0.3, -0.25) is 4.90 Å². The van der Waals surface area contributed by atoms with E-state index < -0.39 is 6.03 Å². The molecule has 1 heterocycles. The van der Waals surface area contributed by atoms with E-state index in [-0.39, 0.29) is 0 Å². The Morgan fingerprint density at radius 3 is 2.47 bits per heavy atom. The summed E-state index contributed by atoms with van der Waals surface area (Å²) in [6, 6.07) is 9.72. The van der Waals surface area contributed by atoms with Gasteiger partial charge in [-0.1, -0.05) is 23.0 Å². The van der Waals surface area contributed by atoms with Gasteiger partial charge in [0.15, 0.2) is 0 Å². The summed E-state index contributed by atoms with van der Waals surface area (Å²) in [7, 11) is 0. The van der Waals surface area contributed by atoms with Gasteiger partial charge in [-0.2, -0.15) is 0 Å². The minimum Gasteiger partial charge on any atom is -0.594 e. The second-order valence-corrected chi connectivity index (χ2v) is 3.30. The van der Waals surface area contributed by atoms with Crippen LogP contribution in [-0.2, 0) is 0 Å². The van der Waals surface area contributed by atoms with Crippen molar-refractivity contribution in [2.24, 2.45) is 5.73 Å². The Hall–Kier alpha value is -2.63. The molecule has 0 aliphatic heterocycles. The van der Waals surface area contributed by atoms with Gasteiger partial charge in [-0.15, -0.1) is 0 Å². The van der Waals surface area contributed by atoms with Crippen LogP contribution in [0, 0.1) is 5.21 Å². The standard InChI is InChI=1S/C11H10N4O2/c12-11(16)15(9-4-2-1-3-5-9)10-6-7-14(17)13-8-10/h1-8H,(H2,12,16). The summed E-state index contributed by atoms with van der Waals surface area (Å²) in [6.45, 7) is 0.